The van der Waals surface area contributed by atoms with Gasteiger partial charge < -0.3 is 25.2 Å². The average Bonchev–Trinajstić information content (AvgIpc) is 2.80. The minimum atomic E-state index is -4.89. The summed E-state index contributed by atoms with van der Waals surface area (Å²) in [5.41, 5.74) is -1.59. The van der Waals surface area contributed by atoms with Gasteiger partial charge in [0.1, 0.15) is 11.6 Å². The summed E-state index contributed by atoms with van der Waals surface area (Å²) in [5.74, 6) is -2.27. The number of carbonyl (C=O) groups excluding carboxylic acids is 2. The summed E-state index contributed by atoms with van der Waals surface area (Å²) in [7, 11) is 0. The Morgan fingerprint density at radius 3 is 2.44 bits per heavy atom. The highest BCUT2D eigenvalue weighted by Gasteiger charge is 2.55. The second-order valence-electron chi connectivity index (χ2n) is 8.96. The van der Waals surface area contributed by atoms with Gasteiger partial charge in [0.15, 0.2) is 6.61 Å². The minimum Gasteiger partial charge on any atom is -0.484 e. The maximum atomic E-state index is 13.5. The quantitative estimate of drug-likeness (QED) is 0.472. The van der Waals surface area contributed by atoms with Gasteiger partial charge >= 0.3 is 6.36 Å². The Hall–Kier alpha value is -3.12. The molecule has 2 amide bonds. The van der Waals surface area contributed by atoms with Crippen LogP contribution >= 0.6 is 11.6 Å². The van der Waals surface area contributed by atoms with Crippen molar-refractivity contribution in [3.63, 3.8) is 0 Å². The Kier molecular flexibility index (Phi) is 7.02. The molecule has 5 rings (SSSR count). The van der Waals surface area contributed by atoms with Crippen LogP contribution in [0.2, 0.25) is 5.02 Å². The molecule has 8 nitrogen and oxygen atoms in total. The standard InChI is InChI=1S/C23H22ClF4N3O5/c24-15-3-2-14(9-16(15)25)35-12-18(33)30-22-7-5-21(6-8-22,10-17(22)32)31-20(34)13-1-4-19(29-11-13)36-23(26,27)28/h1-4,9,11,17,32H,5-8,10,12H2,(H,30,33)(H,31,34). The molecular weight excluding hydrogens is 510 g/mol. The van der Waals surface area contributed by atoms with Gasteiger partial charge in [0.05, 0.1) is 22.2 Å². The zero-order valence-corrected chi connectivity index (χ0v) is 19.5. The molecule has 0 radical (unpaired) electrons. The third kappa shape index (κ3) is 5.81. The van der Waals surface area contributed by atoms with Crippen molar-refractivity contribution in [2.75, 3.05) is 6.61 Å². The molecule has 3 N–H and O–H groups in total. The van der Waals surface area contributed by atoms with Crippen molar-refractivity contribution in [2.24, 2.45) is 0 Å². The number of nitrogens with zero attached hydrogens (tertiary/aromatic N) is 1. The highest BCUT2D eigenvalue weighted by atomic mass is 35.5. The van der Waals surface area contributed by atoms with E-state index in [0.717, 1.165) is 18.3 Å². The van der Waals surface area contributed by atoms with E-state index in [1.165, 1.54) is 18.2 Å². The van der Waals surface area contributed by atoms with Crippen LogP contribution in [0, 0.1) is 5.82 Å². The Labute approximate surface area is 207 Å². The fourth-order valence-corrected chi connectivity index (χ4v) is 4.82. The summed E-state index contributed by atoms with van der Waals surface area (Å²) >= 11 is 5.63. The summed E-state index contributed by atoms with van der Waals surface area (Å²) in [5, 5.41) is 16.5. The first-order valence-corrected chi connectivity index (χ1v) is 11.4. The van der Waals surface area contributed by atoms with Gasteiger partial charge in [-0.25, -0.2) is 9.37 Å². The molecule has 0 aliphatic heterocycles. The van der Waals surface area contributed by atoms with Gasteiger partial charge in [-0.1, -0.05) is 11.6 Å². The predicted octanol–water partition coefficient (Wildman–Crippen LogP) is 3.51. The molecule has 1 aromatic heterocycles. The zero-order chi connectivity index (χ0) is 26.1. The fraction of sp³-hybridized carbons (Fsp3) is 0.435. The van der Waals surface area contributed by atoms with E-state index in [-0.39, 0.29) is 22.8 Å². The molecule has 36 heavy (non-hydrogen) atoms. The molecule has 3 aliphatic carbocycles. The van der Waals surface area contributed by atoms with E-state index in [1.807, 2.05) is 0 Å². The van der Waals surface area contributed by atoms with Crippen LogP contribution in [0.1, 0.15) is 42.5 Å². The Morgan fingerprint density at radius 1 is 1.14 bits per heavy atom. The minimum absolute atomic E-state index is 0.0416. The van der Waals surface area contributed by atoms with E-state index in [0.29, 0.717) is 25.7 Å². The lowest BCUT2D eigenvalue weighted by molar-refractivity contribution is -0.276. The van der Waals surface area contributed by atoms with Crippen molar-refractivity contribution in [1.29, 1.82) is 0 Å². The van der Waals surface area contributed by atoms with Crippen LogP contribution in [0.15, 0.2) is 36.5 Å². The first-order chi connectivity index (χ1) is 16.9. The molecule has 1 unspecified atom stereocenters. The predicted molar refractivity (Wildman–Crippen MR) is 118 cm³/mol. The van der Waals surface area contributed by atoms with Crippen molar-refractivity contribution >= 4 is 23.4 Å². The summed E-state index contributed by atoms with van der Waals surface area (Å²) in [6.45, 7) is -0.390. The Morgan fingerprint density at radius 2 is 1.86 bits per heavy atom. The molecule has 3 aliphatic rings. The third-order valence-electron chi connectivity index (χ3n) is 6.57. The molecule has 2 aromatic rings. The van der Waals surface area contributed by atoms with E-state index < -0.39 is 53.7 Å². The first kappa shape index (κ1) is 26.0. The number of alkyl halides is 3. The number of ether oxygens (including phenoxy) is 2. The molecule has 194 valence electrons. The number of rotatable bonds is 7. The second-order valence-corrected chi connectivity index (χ2v) is 9.36. The lowest BCUT2D eigenvalue weighted by atomic mass is 9.60. The third-order valence-corrected chi connectivity index (χ3v) is 6.87. The number of halogens is 5. The van der Waals surface area contributed by atoms with Crippen molar-refractivity contribution in [1.82, 2.24) is 15.6 Å². The van der Waals surface area contributed by atoms with Gasteiger partial charge in [-0.3, -0.25) is 9.59 Å². The Balaban J connectivity index is 1.32. The van der Waals surface area contributed by atoms with Gasteiger partial charge in [0, 0.05) is 23.9 Å². The number of benzene rings is 1. The summed E-state index contributed by atoms with van der Waals surface area (Å²) in [6, 6.07) is 5.91. The smallest absolute Gasteiger partial charge is 0.484 e. The van der Waals surface area contributed by atoms with Gasteiger partial charge in [-0.2, -0.15) is 0 Å². The average molecular weight is 532 g/mol. The zero-order valence-electron chi connectivity index (χ0n) is 18.7. The van der Waals surface area contributed by atoms with Crippen LogP contribution in [0.4, 0.5) is 17.6 Å². The molecular formula is C23H22ClF4N3O5. The number of aliphatic hydroxyl groups is 1. The SMILES string of the molecule is O=C(COc1ccc(Cl)c(F)c1)NC12CCC(NC(=O)c3ccc(OC(F)(F)F)nc3)(CC1)CC2O. The van der Waals surface area contributed by atoms with Gasteiger partial charge in [-0.15, -0.1) is 13.2 Å². The largest absolute Gasteiger partial charge is 0.574 e. The van der Waals surface area contributed by atoms with Crippen LogP contribution < -0.4 is 20.1 Å². The molecule has 3 saturated carbocycles. The maximum absolute atomic E-state index is 13.5. The van der Waals surface area contributed by atoms with E-state index in [4.69, 9.17) is 16.3 Å². The molecule has 3 fully saturated rings. The number of pyridine rings is 1. The summed E-state index contributed by atoms with van der Waals surface area (Å²) in [6.07, 6.45) is -3.02. The number of hydrogen-bond donors (Lipinski definition) is 3. The second kappa shape index (κ2) is 9.74. The lowest BCUT2D eigenvalue weighted by Crippen LogP contribution is -2.70. The van der Waals surface area contributed by atoms with Crippen LogP contribution in [0.25, 0.3) is 0 Å². The van der Waals surface area contributed by atoms with Crippen molar-refractivity contribution in [3.05, 3.63) is 52.9 Å². The van der Waals surface area contributed by atoms with Gasteiger partial charge in [0.2, 0.25) is 5.88 Å². The van der Waals surface area contributed by atoms with E-state index >= 15 is 0 Å². The molecule has 2 bridgehead atoms. The maximum Gasteiger partial charge on any atom is 0.574 e. The van der Waals surface area contributed by atoms with Crippen molar-refractivity contribution < 1.29 is 41.7 Å². The Bertz CT molecular complexity index is 1140. The number of hydrogen-bond acceptors (Lipinski definition) is 6. The molecule has 1 atom stereocenters. The first-order valence-electron chi connectivity index (χ1n) is 11.0. The fourth-order valence-electron chi connectivity index (χ4n) is 4.70. The molecule has 0 spiro atoms. The molecule has 0 saturated heterocycles. The topological polar surface area (TPSA) is 110 Å². The number of aromatic nitrogens is 1. The summed E-state index contributed by atoms with van der Waals surface area (Å²) in [4.78, 5) is 28.7. The molecule has 1 heterocycles. The number of carbonyl (C=O) groups is 2. The van der Waals surface area contributed by atoms with Gasteiger partial charge in [-0.05, 0) is 50.3 Å². The number of nitrogens with one attached hydrogen (secondary N) is 2. The number of fused-ring (bicyclic) bond motifs is 3. The molecule has 1 aromatic carbocycles. The summed E-state index contributed by atoms with van der Waals surface area (Å²) < 4.78 is 59.4. The normalized spacial score (nSPS) is 25.2. The van der Waals surface area contributed by atoms with E-state index in [1.54, 1.807) is 0 Å². The van der Waals surface area contributed by atoms with Crippen LogP contribution in [0.5, 0.6) is 11.6 Å². The monoisotopic (exact) mass is 531 g/mol. The highest BCUT2D eigenvalue weighted by Crippen LogP contribution is 2.47. The lowest BCUT2D eigenvalue weighted by Gasteiger charge is -2.56. The number of aliphatic hydroxyl groups excluding tert-OH is 1. The van der Waals surface area contributed by atoms with Gasteiger partial charge in [0.25, 0.3) is 11.8 Å². The van der Waals surface area contributed by atoms with E-state index in [2.05, 4.69) is 20.4 Å². The molecule has 13 heteroatoms. The van der Waals surface area contributed by atoms with E-state index in [9.17, 15) is 32.3 Å². The highest BCUT2D eigenvalue weighted by molar-refractivity contribution is 6.30. The number of amides is 2. The van der Waals surface area contributed by atoms with Crippen molar-refractivity contribution in [3.8, 4) is 11.6 Å². The van der Waals surface area contributed by atoms with Crippen LogP contribution in [0.3, 0.4) is 0 Å². The van der Waals surface area contributed by atoms with Crippen LogP contribution in [-0.4, -0.2) is 52.1 Å². The van der Waals surface area contributed by atoms with Crippen molar-refractivity contribution in [2.45, 2.75) is 55.6 Å². The van der Waals surface area contributed by atoms with Crippen LogP contribution in [-0.2, 0) is 4.79 Å².